The van der Waals surface area contributed by atoms with Gasteiger partial charge in [-0.3, -0.25) is 9.59 Å². The summed E-state index contributed by atoms with van der Waals surface area (Å²) in [4.78, 5) is 28.1. The third-order valence-electron chi connectivity index (χ3n) is 4.12. The minimum Gasteiger partial charge on any atom is -0.454 e. The molecule has 7 nitrogen and oxygen atoms in total. The lowest BCUT2D eigenvalue weighted by molar-refractivity contribution is -0.144. The Morgan fingerprint density at radius 3 is 2.64 bits per heavy atom. The van der Waals surface area contributed by atoms with Crippen LogP contribution in [0.25, 0.3) is 11.4 Å². The molecular weight excluding hydrogens is 358 g/mol. The van der Waals surface area contributed by atoms with Crippen LogP contribution >= 0.6 is 0 Å². The van der Waals surface area contributed by atoms with Gasteiger partial charge in [-0.15, -0.1) is 0 Å². The summed E-state index contributed by atoms with van der Waals surface area (Å²) in [6, 6.07) is 14.9. The van der Waals surface area contributed by atoms with E-state index in [1.54, 1.807) is 18.2 Å². The largest absolute Gasteiger partial charge is 0.454 e. The van der Waals surface area contributed by atoms with Crippen molar-refractivity contribution in [3.8, 4) is 11.4 Å². The van der Waals surface area contributed by atoms with Crippen molar-refractivity contribution in [2.45, 2.75) is 26.9 Å². The summed E-state index contributed by atoms with van der Waals surface area (Å²) in [6.07, 6.45) is 0.953. The highest BCUT2D eigenvalue weighted by Gasteiger charge is 2.13. The molecule has 0 radical (unpaired) electrons. The SMILES string of the molecule is CCc1ccc(-c2noc(COC(=O)CNC(=O)c3cccc(C)c3)n2)cc1. The van der Waals surface area contributed by atoms with Crippen LogP contribution in [0, 0.1) is 6.92 Å². The van der Waals surface area contributed by atoms with Gasteiger partial charge in [-0.1, -0.05) is 54.0 Å². The van der Waals surface area contributed by atoms with E-state index < -0.39 is 5.97 Å². The van der Waals surface area contributed by atoms with Gasteiger partial charge >= 0.3 is 5.97 Å². The standard InChI is InChI=1S/C21H21N3O4/c1-3-15-7-9-16(10-8-15)20-23-18(28-24-20)13-27-19(25)12-22-21(26)17-6-4-5-14(2)11-17/h4-11H,3,12-13H2,1-2H3,(H,22,26). The normalized spacial score (nSPS) is 10.5. The number of carbonyl (C=O) groups excluding carboxylic acids is 2. The fraction of sp³-hybridized carbons (Fsp3) is 0.238. The molecule has 3 aromatic rings. The Kier molecular flexibility index (Phi) is 6.16. The molecule has 0 aliphatic heterocycles. The molecule has 1 aromatic heterocycles. The van der Waals surface area contributed by atoms with E-state index in [4.69, 9.17) is 9.26 Å². The van der Waals surface area contributed by atoms with Gasteiger partial charge in [0.15, 0.2) is 6.61 Å². The second kappa shape index (κ2) is 8.94. The maximum atomic E-state index is 12.0. The molecule has 0 fully saturated rings. The average molecular weight is 379 g/mol. The summed E-state index contributed by atoms with van der Waals surface area (Å²) < 4.78 is 10.2. The minimum absolute atomic E-state index is 0.154. The van der Waals surface area contributed by atoms with Crippen molar-refractivity contribution in [1.29, 1.82) is 0 Å². The molecule has 3 rings (SSSR count). The Hall–Kier alpha value is -3.48. The molecule has 0 atom stereocenters. The molecule has 0 aliphatic carbocycles. The van der Waals surface area contributed by atoms with Crippen molar-refractivity contribution in [3.05, 3.63) is 71.1 Å². The highest BCUT2D eigenvalue weighted by molar-refractivity contribution is 5.96. The first-order chi connectivity index (χ1) is 13.5. The van der Waals surface area contributed by atoms with E-state index >= 15 is 0 Å². The van der Waals surface area contributed by atoms with Gasteiger partial charge in [-0.25, -0.2) is 0 Å². The van der Waals surface area contributed by atoms with E-state index in [-0.39, 0.29) is 24.9 Å². The van der Waals surface area contributed by atoms with Crippen LogP contribution in [-0.4, -0.2) is 28.6 Å². The number of ether oxygens (including phenoxy) is 1. The molecule has 0 bridgehead atoms. The summed E-state index contributed by atoms with van der Waals surface area (Å²) >= 11 is 0. The van der Waals surface area contributed by atoms with Crippen LogP contribution < -0.4 is 5.32 Å². The molecule has 144 valence electrons. The third kappa shape index (κ3) is 5.03. The minimum atomic E-state index is -0.590. The molecule has 0 aliphatic rings. The Labute approximate surface area is 162 Å². The number of aryl methyl sites for hydroxylation is 2. The molecule has 0 saturated heterocycles. The number of amides is 1. The monoisotopic (exact) mass is 379 g/mol. The zero-order valence-electron chi connectivity index (χ0n) is 15.8. The van der Waals surface area contributed by atoms with Crippen molar-refractivity contribution in [3.63, 3.8) is 0 Å². The van der Waals surface area contributed by atoms with Gasteiger partial charge in [0.05, 0.1) is 0 Å². The number of aromatic nitrogens is 2. The Bertz CT molecular complexity index is 964. The number of nitrogens with zero attached hydrogens (tertiary/aromatic N) is 2. The molecule has 1 amide bonds. The van der Waals surface area contributed by atoms with Crippen molar-refractivity contribution in [1.82, 2.24) is 15.5 Å². The topological polar surface area (TPSA) is 94.3 Å². The number of hydrogen-bond acceptors (Lipinski definition) is 6. The number of benzene rings is 2. The van der Waals surface area contributed by atoms with E-state index in [1.807, 2.05) is 37.3 Å². The predicted octanol–water partition coefficient (Wildman–Crippen LogP) is 3.08. The first-order valence-corrected chi connectivity index (χ1v) is 8.97. The maximum Gasteiger partial charge on any atom is 0.325 e. The van der Waals surface area contributed by atoms with Gasteiger partial charge in [0.25, 0.3) is 11.8 Å². The van der Waals surface area contributed by atoms with Crippen LogP contribution in [0.4, 0.5) is 0 Å². The summed E-state index contributed by atoms with van der Waals surface area (Å²) in [5.74, 6) is -0.307. The number of nitrogens with one attached hydrogen (secondary N) is 1. The molecule has 2 aromatic carbocycles. The number of hydrogen-bond donors (Lipinski definition) is 1. The Morgan fingerprint density at radius 1 is 1.14 bits per heavy atom. The van der Waals surface area contributed by atoms with Gasteiger partial charge in [-0.2, -0.15) is 4.98 Å². The zero-order chi connectivity index (χ0) is 19.9. The molecule has 1 N–H and O–H groups in total. The Balaban J connectivity index is 1.48. The molecular formula is C21H21N3O4. The maximum absolute atomic E-state index is 12.0. The van der Waals surface area contributed by atoms with Gasteiger partial charge in [-0.05, 0) is 31.0 Å². The lowest BCUT2D eigenvalue weighted by Crippen LogP contribution is -2.30. The molecule has 0 unspecified atom stereocenters. The molecule has 28 heavy (non-hydrogen) atoms. The van der Waals surface area contributed by atoms with Crippen molar-refractivity contribution >= 4 is 11.9 Å². The first-order valence-electron chi connectivity index (χ1n) is 8.97. The van der Waals surface area contributed by atoms with Gasteiger partial charge in [0.1, 0.15) is 6.54 Å². The molecule has 0 saturated carbocycles. The van der Waals surface area contributed by atoms with E-state index in [1.165, 1.54) is 5.56 Å². The van der Waals surface area contributed by atoms with Crippen molar-refractivity contribution in [2.24, 2.45) is 0 Å². The highest BCUT2D eigenvalue weighted by Crippen LogP contribution is 2.17. The first kappa shape index (κ1) is 19.3. The van der Waals surface area contributed by atoms with Crippen LogP contribution in [0.1, 0.15) is 34.3 Å². The fourth-order valence-electron chi connectivity index (χ4n) is 2.55. The van der Waals surface area contributed by atoms with Crippen LogP contribution in [-0.2, 0) is 22.6 Å². The summed E-state index contributed by atoms with van der Waals surface area (Å²) in [5.41, 5.74) is 3.49. The third-order valence-corrected chi connectivity index (χ3v) is 4.12. The highest BCUT2D eigenvalue weighted by atomic mass is 16.6. The summed E-state index contributed by atoms with van der Waals surface area (Å²) in [5, 5.41) is 6.42. The Morgan fingerprint density at radius 2 is 1.93 bits per heavy atom. The smallest absolute Gasteiger partial charge is 0.325 e. The summed E-state index contributed by atoms with van der Waals surface area (Å²) in [6.45, 7) is 3.58. The number of rotatable bonds is 7. The van der Waals surface area contributed by atoms with Crippen molar-refractivity contribution in [2.75, 3.05) is 6.54 Å². The van der Waals surface area contributed by atoms with Crippen LogP contribution in [0.15, 0.2) is 53.1 Å². The number of carbonyl (C=O) groups is 2. The van der Waals surface area contributed by atoms with Gasteiger partial charge in [0.2, 0.25) is 5.82 Å². The van der Waals surface area contributed by atoms with E-state index in [2.05, 4.69) is 22.4 Å². The molecule has 0 spiro atoms. The quantitative estimate of drug-likeness (QED) is 0.634. The average Bonchev–Trinajstić information content (AvgIpc) is 3.19. The van der Waals surface area contributed by atoms with Crippen LogP contribution in [0.5, 0.6) is 0 Å². The van der Waals surface area contributed by atoms with E-state index in [9.17, 15) is 9.59 Å². The molecule has 7 heteroatoms. The molecule has 1 heterocycles. The van der Waals surface area contributed by atoms with Crippen LogP contribution in [0.3, 0.4) is 0 Å². The predicted molar refractivity (Wildman–Crippen MR) is 102 cm³/mol. The summed E-state index contributed by atoms with van der Waals surface area (Å²) in [7, 11) is 0. The lowest BCUT2D eigenvalue weighted by atomic mass is 10.1. The second-order valence-electron chi connectivity index (χ2n) is 6.28. The van der Waals surface area contributed by atoms with Gasteiger partial charge < -0.3 is 14.6 Å². The second-order valence-corrected chi connectivity index (χ2v) is 6.28. The van der Waals surface area contributed by atoms with Crippen molar-refractivity contribution < 1.29 is 18.8 Å². The zero-order valence-corrected chi connectivity index (χ0v) is 15.8. The van der Waals surface area contributed by atoms with E-state index in [0.29, 0.717) is 11.4 Å². The van der Waals surface area contributed by atoms with Gasteiger partial charge in [0, 0.05) is 11.1 Å². The van der Waals surface area contributed by atoms with Crippen LogP contribution in [0.2, 0.25) is 0 Å². The number of esters is 1. The fourth-order valence-corrected chi connectivity index (χ4v) is 2.55. The lowest BCUT2D eigenvalue weighted by Gasteiger charge is -2.05. The van der Waals surface area contributed by atoms with E-state index in [0.717, 1.165) is 17.5 Å².